The normalized spacial score (nSPS) is 12.5. The average molecular weight is 1070 g/mol. The third-order valence-corrected chi connectivity index (χ3v) is 20.8. The van der Waals surface area contributed by atoms with Gasteiger partial charge in [-0.2, -0.15) is 0 Å². The fourth-order valence-corrected chi connectivity index (χ4v) is 18.1. The maximum atomic E-state index is 2.66. The van der Waals surface area contributed by atoms with Gasteiger partial charge in [-0.05, 0) is 0 Å². The summed E-state index contributed by atoms with van der Waals surface area (Å²) in [4.78, 5) is 0. The molecule has 0 nitrogen and oxygen atoms in total. The van der Waals surface area contributed by atoms with Gasteiger partial charge in [0, 0.05) is 0 Å². The molecule has 1 aliphatic carbocycles. The van der Waals surface area contributed by atoms with Crippen molar-refractivity contribution in [1.29, 1.82) is 0 Å². The standard InChI is InChI=1S/C69H63Si.3ClH.Ti/c1-3-52(2)65-34-35-66(51-65)70(67-45-59(36-53-22-10-4-11-23-53)42-60(46-67)37-54-24-12-5-13-25-54,68-47-61(38-55-26-14-6-15-27-55)43-62(48-68)39-56-28-16-7-17-29-56)69-49-63(40-57-30-18-8-19-31-57)44-64(50-69)41-58-32-20-9-21-33-58;;;;/h4-34,42-50,52H,3,35-41H2,1-2H3;3*1H;/q;;;;+3/p-3. The van der Waals surface area contributed by atoms with E-state index in [1.165, 1.54) is 91.8 Å². The summed E-state index contributed by atoms with van der Waals surface area (Å²) in [6.45, 7) is 4.80. The van der Waals surface area contributed by atoms with E-state index in [2.05, 4.69) is 277 Å². The van der Waals surface area contributed by atoms with Gasteiger partial charge in [-0.15, -0.1) is 0 Å². The second kappa shape index (κ2) is 26.7. The Morgan fingerprint density at radius 3 is 0.797 bits per heavy atom. The van der Waals surface area contributed by atoms with Crippen LogP contribution in [0.4, 0.5) is 0 Å². The summed E-state index contributed by atoms with van der Waals surface area (Å²) in [5.74, 6) is 0.466. The van der Waals surface area contributed by atoms with Crippen molar-refractivity contribution in [3.05, 3.63) is 324 Å². The van der Waals surface area contributed by atoms with E-state index in [1.807, 2.05) is 0 Å². The van der Waals surface area contributed by atoms with Crippen molar-refractivity contribution in [3.63, 3.8) is 0 Å². The van der Waals surface area contributed by atoms with Crippen molar-refractivity contribution in [3.8, 4) is 0 Å². The topological polar surface area (TPSA) is 0 Å². The first-order chi connectivity index (χ1) is 34.9. The molecule has 1 unspecified atom stereocenters. The maximum absolute atomic E-state index is 3.22. The first-order valence-corrected chi connectivity index (χ1v) is 28.5. The van der Waals surface area contributed by atoms with Gasteiger partial charge in [-0.25, -0.2) is 0 Å². The molecular weight excluding hydrogens is 1010 g/mol. The molecule has 0 aliphatic heterocycles. The number of rotatable bonds is 18. The Kier molecular flexibility index (Phi) is 20.2. The molecule has 0 radical (unpaired) electrons. The van der Waals surface area contributed by atoms with E-state index in [0.717, 1.165) is 51.4 Å². The Morgan fingerprint density at radius 1 is 0.351 bits per heavy atom. The van der Waals surface area contributed by atoms with Crippen LogP contribution in [0.5, 0.6) is 0 Å². The Labute approximate surface area is 472 Å². The molecule has 74 heavy (non-hydrogen) atoms. The molecule has 0 N–H and O–H groups in total. The molecule has 0 saturated heterocycles. The molecular formula is C69H63Cl3SiTi. The van der Waals surface area contributed by atoms with E-state index in [0.29, 0.717) is 5.92 Å². The number of allylic oxidation sites excluding steroid dienone is 4. The average Bonchev–Trinajstić information content (AvgIpc) is 3.78. The van der Waals surface area contributed by atoms with Gasteiger partial charge in [0.05, 0.1) is 0 Å². The maximum Gasteiger partial charge on any atom is -1.00 e. The zero-order chi connectivity index (χ0) is 48.4. The SMILES string of the molecule is CCC(C)C1=CCC([Si](c2cc(Cc3ccccc3)cc(Cc3ccccc3)c2)(c2cc(Cc3ccccc3)cc(Cc3ccccc3)c2)c2cc(Cc3ccccc3)cc(Cc3ccccc3)c2)=[C]1[Ti+3].[Cl-].[Cl-].[Cl-]. The van der Waals surface area contributed by atoms with Crippen molar-refractivity contribution in [2.24, 2.45) is 5.92 Å². The van der Waals surface area contributed by atoms with Gasteiger partial charge in [-0.3, -0.25) is 0 Å². The molecule has 0 aromatic heterocycles. The van der Waals surface area contributed by atoms with Crippen LogP contribution in [0.2, 0.25) is 0 Å². The monoisotopic (exact) mass is 1070 g/mol. The minimum atomic E-state index is -3.22. The van der Waals surface area contributed by atoms with Crippen LogP contribution in [0.1, 0.15) is 93.5 Å². The first-order valence-electron chi connectivity index (χ1n) is 25.7. The molecule has 9 aromatic carbocycles. The number of hydrogen-bond acceptors (Lipinski definition) is 0. The van der Waals surface area contributed by atoms with Crippen LogP contribution in [-0.4, -0.2) is 8.07 Å². The quantitative estimate of drug-likeness (QED) is 0.0796. The molecule has 0 saturated carbocycles. The van der Waals surface area contributed by atoms with Gasteiger partial charge in [0.25, 0.3) is 0 Å². The Balaban J connectivity index is 0.00000267. The van der Waals surface area contributed by atoms with E-state index < -0.39 is 8.07 Å². The van der Waals surface area contributed by atoms with Crippen LogP contribution in [0.3, 0.4) is 0 Å². The van der Waals surface area contributed by atoms with Crippen molar-refractivity contribution in [2.45, 2.75) is 65.2 Å². The molecule has 9 aromatic rings. The fraction of sp³-hybridized carbons (Fsp3) is 0.159. The van der Waals surface area contributed by atoms with Gasteiger partial charge in [0.2, 0.25) is 0 Å². The minimum Gasteiger partial charge on any atom is -1.00 e. The molecule has 5 heteroatoms. The van der Waals surface area contributed by atoms with Gasteiger partial charge in [-0.1, -0.05) is 0 Å². The van der Waals surface area contributed by atoms with Gasteiger partial charge in [0.15, 0.2) is 0 Å². The Hall–Kier alpha value is -5.74. The van der Waals surface area contributed by atoms with Gasteiger partial charge >= 0.3 is 439 Å². The zero-order valence-electron chi connectivity index (χ0n) is 42.5. The summed E-state index contributed by atoms with van der Waals surface area (Å²) in [7, 11) is -3.22. The van der Waals surface area contributed by atoms with Crippen molar-refractivity contribution in [2.75, 3.05) is 0 Å². The van der Waals surface area contributed by atoms with Crippen LogP contribution >= 0.6 is 0 Å². The number of hydrogen-bond donors (Lipinski definition) is 0. The third kappa shape index (κ3) is 13.4. The molecule has 0 spiro atoms. The predicted molar refractivity (Wildman–Crippen MR) is 299 cm³/mol. The van der Waals surface area contributed by atoms with E-state index in [9.17, 15) is 0 Å². The van der Waals surface area contributed by atoms with Gasteiger partial charge in [0.1, 0.15) is 0 Å². The fourth-order valence-electron chi connectivity index (χ4n) is 11.2. The second-order valence-electron chi connectivity index (χ2n) is 19.9. The molecule has 1 atom stereocenters. The largest absolute Gasteiger partial charge is 1.00 e. The molecule has 0 heterocycles. The van der Waals surface area contributed by atoms with Gasteiger partial charge < -0.3 is 37.2 Å². The third-order valence-electron chi connectivity index (χ3n) is 14.7. The summed E-state index contributed by atoms with van der Waals surface area (Å²) >= 11 is 2.48. The van der Waals surface area contributed by atoms with Crippen LogP contribution in [0.25, 0.3) is 0 Å². The molecule has 0 bridgehead atoms. The predicted octanol–water partition coefficient (Wildman–Crippen LogP) is 5.43. The summed E-state index contributed by atoms with van der Waals surface area (Å²) < 4.78 is 1.50. The van der Waals surface area contributed by atoms with E-state index >= 15 is 0 Å². The molecule has 0 fully saturated rings. The van der Waals surface area contributed by atoms with E-state index in [4.69, 9.17) is 0 Å². The van der Waals surface area contributed by atoms with Crippen LogP contribution < -0.4 is 52.8 Å². The van der Waals surface area contributed by atoms with Crippen LogP contribution in [0.15, 0.2) is 257 Å². The summed E-state index contributed by atoms with van der Waals surface area (Å²) in [6.07, 6.45) is 9.91. The number of halogens is 3. The molecule has 0 amide bonds. The molecule has 368 valence electrons. The van der Waals surface area contributed by atoms with E-state index in [1.54, 1.807) is 5.20 Å². The first kappa shape index (κ1) is 56.0. The summed E-state index contributed by atoms with van der Waals surface area (Å²) in [6, 6.07) is 90.2. The van der Waals surface area contributed by atoms with Crippen molar-refractivity contribution < 1.29 is 57.7 Å². The zero-order valence-corrected chi connectivity index (χ0v) is 47.3. The molecule has 1 aliphatic rings. The van der Waals surface area contributed by atoms with Crippen LogP contribution in [-0.2, 0) is 59.0 Å². The van der Waals surface area contributed by atoms with Crippen molar-refractivity contribution >= 4 is 23.6 Å². The summed E-state index contributed by atoms with van der Waals surface area (Å²) in [5.41, 5.74) is 17.8. The second-order valence-corrected chi connectivity index (χ2v) is 24.5. The van der Waals surface area contributed by atoms with E-state index in [-0.39, 0.29) is 37.2 Å². The number of benzene rings is 9. The minimum absolute atomic E-state index is 0. The van der Waals surface area contributed by atoms with Crippen molar-refractivity contribution in [1.82, 2.24) is 0 Å². The summed E-state index contributed by atoms with van der Waals surface area (Å²) in [5, 5.41) is 6.07. The molecule has 10 rings (SSSR count). The van der Waals surface area contributed by atoms with Crippen LogP contribution in [0, 0.1) is 5.92 Å². The smallest absolute Gasteiger partial charge is 1.00 e. The Morgan fingerprint density at radius 2 is 0.581 bits per heavy atom. The Bertz CT molecular complexity index is 2770.